The third-order valence-corrected chi connectivity index (χ3v) is 5.94. The van der Waals surface area contributed by atoms with Crippen LogP contribution < -0.4 is 9.47 Å². The molecule has 25 heteroatoms. The molecule has 0 fully saturated rings. The predicted molar refractivity (Wildman–Crippen MR) is 129 cm³/mol. The highest BCUT2D eigenvalue weighted by molar-refractivity contribution is 7.87. The highest BCUT2D eigenvalue weighted by atomic mass is 32.2. The molecule has 0 saturated heterocycles. The molecule has 2 aromatic carbocycles. The van der Waals surface area contributed by atoms with Crippen LogP contribution in [0.25, 0.3) is 0 Å². The van der Waals surface area contributed by atoms with Gasteiger partial charge in [-0.15, -0.1) is 0 Å². The molecule has 0 aliphatic rings. The van der Waals surface area contributed by atoms with Crippen LogP contribution in [0, 0.1) is 0 Å². The second kappa shape index (κ2) is 15.1. The van der Waals surface area contributed by atoms with Gasteiger partial charge in [0.1, 0.15) is 11.5 Å². The van der Waals surface area contributed by atoms with Crippen LogP contribution in [0.4, 0.5) is 52.7 Å². The van der Waals surface area contributed by atoms with E-state index in [1.807, 2.05) is 0 Å². The van der Waals surface area contributed by atoms with E-state index in [0.29, 0.717) is 0 Å². The summed E-state index contributed by atoms with van der Waals surface area (Å²) in [5, 5.41) is 12.9. The average Bonchev–Trinajstić information content (AvgIpc) is 2.87. The third-order valence-electron chi connectivity index (χ3n) is 4.52. The van der Waals surface area contributed by atoms with Crippen molar-refractivity contribution < 1.29 is 93.0 Å². The van der Waals surface area contributed by atoms with Crippen LogP contribution >= 0.6 is 0 Å². The molecule has 260 valence electrons. The van der Waals surface area contributed by atoms with Gasteiger partial charge in [-0.3, -0.25) is 8.84 Å². The maximum Gasteiger partial charge on any atom is 0.536 e. The van der Waals surface area contributed by atoms with Crippen LogP contribution in [-0.4, -0.2) is 74.6 Å². The molecule has 0 saturated carbocycles. The topological polar surface area (TPSA) is 161 Å². The van der Waals surface area contributed by atoms with E-state index in [2.05, 4.69) is 14.6 Å². The number of halogens is 12. The second-order valence-electron chi connectivity index (χ2n) is 7.88. The lowest BCUT2D eigenvalue weighted by atomic mass is 10.1. The van der Waals surface area contributed by atoms with Crippen LogP contribution in [0.15, 0.2) is 58.8 Å². The first-order chi connectivity index (χ1) is 20.7. The minimum Gasteiger partial charge on any atom is -0.493 e. The molecule has 2 aromatic rings. The summed E-state index contributed by atoms with van der Waals surface area (Å²) in [6.45, 7) is -0.00643. The Morgan fingerprint density at radius 1 is 0.630 bits per heavy atom. The van der Waals surface area contributed by atoms with Gasteiger partial charge in [-0.1, -0.05) is 10.3 Å². The van der Waals surface area contributed by atoms with Gasteiger partial charge in [0.05, 0.1) is 13.2 Å². The lowest BCUT2D eigenvalue weighted by Gasteiger charge is -2.12. The minimum atomic E-state index is -6.40. The van der Waals surface area contributed by atoms with Crippen molar-refractivity contribution in [3.05, 3.63) is 59.7 Å². The van der Waals surface area contributed by atoms with Crippen molar-refractivity contribution in [3.8, 4) is 11.5 Å². The highest BCUT2D eigenvalue weighted by Gasteiger charge is 2.50. The fourth-order valence-corrected chi connectivity index (χ4v) is 2.79. The Balaban J connectivity index is 0.00000116. The molecule has 46 heavy (non-hydrogen) atoms. The average molecular weight is 732 g/mol. The van der Waals surface area contributed by atoms with Gasteiger partial charge in [0.25, 0.3) is 0 Å². The lowest BCUT2D eigenvalue weighted by Crippen LogP contribution is -2.28. The van der Waals surface area contributed by atoms with E-state index in [-0.39, 0.29) is 31.1 Å². The third kappa shape index (κ3) is 12.4. The largest absolute Gasteiger partial charge is 0.536 e. The molecule has 0 heterocycles. The summed E-state index contributed by atoms with van der Waals surface area (Å²) in [6.07, 6.45) is -10.0. The Bertz CT molecular complexity index is 1570. The fraction of sp³-hybridized carbons (Fsp3) is 0.333. The second-order valence-corrected chi connectivity index (χ2v) is 10.8. The first-order valence-corrected chi connectivity index (χ1v) is 14.0. The SMILES string of the molecule is O=S(=O)(O)C(F)(F)F.O=S(=O)(ON=C(c1ccc(OCCCOc2ccc(C(=NO)C(F)(F)F)cc2)cc1)C(F)(F)F)C(F)(F)F. The monoisotopic (exact) mass is 732 g/mol. The minimum absolute atomic E-state index is 0.0214. The van der Waals surface area contributed by atoms with Gasteiger partial charge in [-0.05, 0) is 48.5 Å². The Morgan fingerprint density at radius 3 is 1.26 bits per heavy atom. The summed E-state index contributed by atoms with van der Waals surface area (Å²) < 4.78 is 207. The van der Waals surface area contributed by atoms with Gasteiger partial charge >= 0.3 is 43.6 Å². The van der Waals surface area contributed by atoms with Gasteiger partial charge in [0.15, 0.2) is 11.4 Å². The zero-order chi connectivity index (χ0) is 35.8. The van der Waals surface area contributed by atoms with Crippen LogP contribution in [0.1, 0.15) is 17.5 Å². The van der Waals surface area contributed by atoms with Crippen molar-refractivity contribution in [3.63, 3.8) is 0 Å². The van der Waals surface area contributed by atoms with E-state index in [1.54, 1.807) is 0 Å². The number of rotatable bonds is 10. The summed E-state index contributed by atoms with van der Waals surface area (Å²) in [5.41, 5.74) is -16.3. The zero-order valence-electron chi connectivity index (χ0n) is 21.7. The Kier molecular flexibility index (Phi) is 13.1. The lowest BCUT2D eigenvalue weighted by molar-refractivity contribution is -0.0634. The molecule has 0 radical (unpaired) electrons. The van der Waals surface area contributed by atoms with Crippen molar-refractivity contribution >= 4 is 31.7 Å². The van der Waals surface area contributed by atoms with Gasteiger partial charge in [-0.2, -0.15) is 69.5 Å². The first-order valence-electron chi connectivity index (χ1n) is 11.2. The molecule has 0 amide bonds. The van der Waals surface area contributed by atoms with E-state index < -0.39 is 66.2 Å². The van der Waals surface area contributed by atoms with E-state index in [1.165, 1.54) is 12.1 Å². The highest BCUT2D eigenvalue weighted by Crippen LogP contribution is 2.29. The predicted octanol–water partition coefficient (Wildman–Crippen LogP) is 5.80. The first kappa shape index (κ1) is 40.0. The molecule has 2 rings (SSSR count). The molecule has 0 atom stereocenters. The summed E-state index contributed by atoms with van der Waals surface area (Å²) >= 11 is 0. The molecule has 11 nitrogen and oxygen atoms in total. The molecule has 0 bridgehead atoms. The molecular formula is C21H16F12N2O9S2. The number of nitrogens with zero attached hydrogens (tertiary/aromatic N) is 2. The van der Waals surface area contributed by atoms with Crippen LogP contribution in [0.3, 0.4) is 0 Å². The number of hydrogen-bond acceptors (Lipinski definition) is 10. The summed E-state index contributed by atoms with van der Waals surface area (Å²) in [4.78, 5) is 0. The van der Waals surface area contributed by atoms with Gasteiger partial charge < -0.3 is 14.7 Å². The normalized spacial score (nSPS) is 13.8. The van der Waals surface area contributed by atoms with Crippen LogP contribution in [-0.2, 0) is 24.5 Å². The Labute approximate surface area is 249 Å². The van der Waals surface area contributed by atoms with Gasteiger partial charge in [0.2, 0.25) is 0 Å². The molecular weight excluding hydrogens is 716 g/mol. The molecule has 0 unspecified atom stereocenters. The van der Waals surface area contributed by atoms with Gasteiger partial charge in [-0.25, -0.2) is 0 Å². The molecule has 2 N–H and O–H groups in total. The van der Waals surface area contributed by atoms with Crippen LogP contribution in [0.5, 0.6) is 11.5 Å². The number of hydrogen-bond donors (Lipinski definition) is 2. The maximum atomic E-state index is 13.1. The van der Waals surface area contributed by atoms with E-state index in [4.69, 9.17) is 27.7 Å². The van der Waals surface area contributed by atoms with Crippen molar-refractivity contribution in [2.75, 3.05) is 13.2 Å². The number of oxime groups is 2. The molecule has 0 aromatic heterocycles. The fourth-order valence-electron chi connectivity index (χ4n) is 2.53. The van der Waals surface area contributed by atoms with Crippen molar-refractivity contribution in [2.24, 2.45) is 10.3 Å². The Hall–Kier alpha value is -4.00. The van der Waals surface area contributed by atoms with Crippen LogP contribution in [0.2, 0.25) is 0 Å². The molecule has 0 spiro atoms. The summed E-state index contributed by atoms with van der Waals surface area (Å²) in [5.74, 6) is 0.220. The van der Waals surface area contributed by atoms with Gasteiger partial charge in [0, 0.05) is 17.5 Å². The standard InChI is InChI=1S/C20H15F9N2O6S.CHF3O3S/c21-18(22,23)16(30-32)12-2-6-14(7-3-12)35-10-1-11-36-15-8-4-13(5-9-15)17(19(24,25)26)31-37-38(33,34)20(27,28)29;2-1(3,4)8(5,6)7/h2-9,32H,1,10-11H2;(H,5,6,7). The smallest absolute Gasteiger partial charge is 0.493 e. The number of alkyl halides is 12. The van der Waals surface area contributed by atoms with Crippen molar-refractivity contribution in [1.29, 1.82) is 0 Å². The zero-order valence-corrected chi connectivity index (χ0v) is 23.4. The van der Waals surface area contributed by atoms with E-state index in [9.17, 15) is 61.1 Å². The quantitative estimate of drug-likeness (QED) is 0.0585. The number of benzene rings is 2. The molecule has 0 aliphatic carbocycles. The van der Waals surface area contributed by atoms with Crippen molar-refractivity contribution in [2.45, 2.75) is 29.8 Å². The van der Waals surface area contributed by atoms with E-state index in [0.717, 1.165) is 36.4 Å². The maximum absolute atomic E-state index is 13.1. The van der Waals surface area contributed by atoms with Crippen molar-refractivity contribution in [1.82, 2.24) is 0 Å². The summed E-state index contributed by atoms with van der Waals surface area (Å²) in [7, 11) is -12.2. The Morgan fingerprint density at radius 2 is 0.978 bits per heavy atom. The number of ether oxygens (including phenoxy) is 2. The van der Waals surface area contributed by atoms with E-state index >= 15 is 0 Å². The molecule has 0 aliphatic heterocycles. The summed E-state index contributed by atoms with van der Waals surface area (Å²) in [6, 6.07) is 7.99.